The molecule has 0 unspecified atom stereocenters. The molecule has 4 N–H and O–H groups in total. The van der Waals surface area contributed by atoms with Crippen molar-refractivity contribution in [3.05, 3.63) is 64.9 Å². The minimum atomic E-state index is -0.932. The number of carbonyl (C=O) groups excluding carboxylic acids is 3. The summed E-state index contributed by atoms with van der Waals surface area (Å²) in [6.07, 6.45) is 0.801. The van der Waals surface area contributed by atoms with Gasteiger partial charge in [-0.25, -0.2) is 9.97 Å². The van der Waals surface area contributed by atoms with Crippen LogP contribution in [-0.2, 0) is 9.59 Å². The number of amides is 3. The van der Waals surface area contributed by atoms with E-state index in [0.29, 0.717) is 5.56 Å². The number of hydrogen-bond donors (Lipinski definition) is 4. The Hall–Kier alpha value is -3.87. The topological polar surface area (TPSA) is 140 Å². The second kappa shape index (κ2) is 13.6. The molecule has 12 heteroatoms. The summed E-state index contributed by atoms with van der Waals surface area (Å²) >= 11 is 1.58. The number of nitrogens with zero attached hydrogens (tertiary/aromatic N) is 4. The van der Waals surface area contributed by atoms with Crippen LogP contribution in [0.5, 0.6) is 0 Å². The number of thiazole rings is 1. The van der Waals surface area contributed by atoms with Gasteiger partial charge in [0.05, 0.1) is 33.8 Å². The molecule has 0 saturated carbocycles. The van der Waals surface area contributed by atoms with Crippen molar-refractivity contribution in [2.75, 3.05) is 37.6 Å². The van der Waals surface area contributed by atoms with Crippen LogP contribution in [0.4, 0.5) is 5.82 Å². The van der Waals surface area contributed by atoms with Crippen molar-refractivity contribution in [3.8, 4) is 10.4 Å². The zero-order chi connectivity index (χ0) is 32.3. The zero-order valence-corrected chi connectivity index (χ0v) is 27.4. The fraction of sp³-hybridized carbons (Fsp3) is 0.485. The maximum absolute atomic E-state index is 14.0. The Morgan fingerprint density at radius 3 is 2.36 bits per heavy atom. The molecule has 3 aromatic rings. The van der Waals surface area contributed by atoms with Crippen LogP contribution in [0.3, 0.4) is 0 Å². The number of nitrogens with one attached hydrogen (secondary N) is 3. The molecule has 45 heavy (non-hydrogen) atoms. The number of β-amino-alcohol motifs (C(OH)–C–C–N with tert-alkyl or cyclic N) is 1. The highest BCUT2D eigenvalue weighted by atomic mass is 32.1. The minimum Gasteiger partial charge on any atom is -0.391 e. The SMILES string of the molecule is Cc1ncsc1-c1ccc([C@H](C)NC(=O)[C@@H]2C[C@@H](O)CN2C(=O)[C@@H](NC(=O)c2ccc(N3CCNCC3)nc2)C(C)(C)C)cc1. The average Bonchev–Trinajstić information content (AvgIpc) is 3.64. The summed E-state index contributed by atoms with van der Waals surface area (Å²) in [4.78, 5) is 54.3. The van der Waals surface area contributed by atoms with Gasteiger partial charge in [-0.05, 0) is 42.5 Å². The van der Waals surface area contributed by atoms with E-state index in [4.69, 9.17) is 0 Å². The minimum absolute atomic E-state index is 0.0115. The molecular weight excluding hydrogens is 590 g/mol. The average molecular weight is 634 g/mol. The van der Waals surface area contributed by atoms with Gasteiger partial charge in [0.25, 0.3) is 5.91 Å². The molecule has 4 atom stereocenters. The van der Waals surface area contributed by atoms with Gasteiger partial charge >= 0.3 is 0 Å². The molecule has 4 heterocycles. The van der Waals surface area contributed by atoms with Gasteiger partial charge < -0.3 is 30.9 Å². The molecule has 2 saturated heterocycles. The number of aliphatic hydroxyl groups is 1. The van der Waals surface area contributed by atoms with Crippen molar-refractivity contribution < 1.29 is 19.5 Å². The summed E-state index contributed by atoms with van der Waals surface area (Å²) in [5.41, 5.74) is 4.46. The maximum atomic E-state index is 14.0. The van der Waals surface area contributed by atoms with Crippen LogP contribution in [0, 0.1) is 12.3 Å². The van der Waals surface area contributed by atoms with Crippen molar-refractivity contribution in [1.29, 1.82) is 0 Å². The lowest BCUT2D eigenvalue weighted by atomic mass is 9.85. The molecular formula is C33H43N7O4S. The van der Waals surface area contributed by atoms with E-state index in [9.17, 15) is 19.5 Å². The van der Waals surface area contributed by atoms with E-state index in [1.54, 1.807) is 17.4 Å². The highest BCUT2D eigenvalue weighted by molar-refractivity contribution is 7.13. The number of hydrogen-bond acceptors (Lipinski definition) is 9. The smallest absolute Gasteiger partial charge is 0.253 e. The Morgan fingerprint density at radius 1 is 1.04 bits per heavy atom. The summed E-state index contributed by atoms with van der Waals surface area (Å²) in [7, 11) is 0. The van der Waals surface area contributed by atoms with Gasteiger partial charge in [-0.2, -0.15) is 0 Å². The van der Waals surface area contributed by atoms with E-state index in [-0.39, 0.29) is 24.9 Å². The monoisotopic (exact) mass is 633 g/mol. The molecule has 2 aliphatic rings. The van der Waals surface area contributed by atoms with Gasteiger partial charge in [-0.15, -0.1) is 11.3 Å². The third-order valence-corrected chi connectivity index (χ3v) is 9.46. The van der Waals surface area contributed by atoms with E-state index in [2.05, 4.69) is 30.8 Å². The third kappa shape index (κ3) is 7.51. The Bertz CT molecular complexity index is 1500. The number of rotatable bonds is 8. The van der Waals surface area contributed by atoms with Gasteiger partial charge in [-0.3, -0.25) is 14.4 Å². The highest BCUT2D eigenvalue weighted by Crippen LogP contribution is 2.29. The summed E-state index contributed by atoms with van der Waals surface area (Å²) < 4.78 is 0. The Morgan fingerprint density at radius 2 is 1.76 bits per heavy atom. The zero-order valence-electron chi connectivity index (χ0n) is 26.5. The predicted molar refractivity (Wildman–Crippen MR) is 175 cm³/mol. The maximum Gasteiger partial charge on any atom is 0.253 e. The summed E-state index contributed by atoms with van der Waals surface area (Å²) in [5.74, 6) is -0.373. The lowest BCUT2D eigenvalue weighted by Gasteiger charge is -2.35. The first-order valence-electron chi connectivity index (χ1n) is 15.4. The molecule has 0 spiro atoms. The van der Waals surface area contributed by atoms with Crippen LogP contribution < -0.4 is 20.9 Å². The molecule has 11 nitrogen and oxygen atoms in total. The normalized spacial score (nSPS) is 20.0. The fourth-order valence-corrected chi connectivity index (χ4v) is 6.64. The van der Waals surface area contributed by atoms with Crippen molar-refractivity contribution in [3.63, 3.8) is 0 Å². The quantitative estimate of drug-likeness (QED) is 0.297. The molecule has 3 amide bonds. The first-order chi connectivity index (χ1) is 21.4. The first kappa shape index (κ1) is 32.5. The van der Waals surface area contributed by atoms with E-state index in [0.717, 1.165) is 53.7 Å². The van der Waals surface area contributed by atoms with Crippen molar-refractivity contribution >= 4 is 34.9 Å². The van der Waals surface area contributed by atoms with E-state index in [1.165, 1.54) is 11.1 Å². The molecule has 1 aromatic carbocycles. The van der Waals surface area contributed by atoms with Gasteiger partial charge in [0.15, 0.2) is 0 Å². The number of anilines is 1. The number of benzene rings is 1. The van der Waals surface area contributed by atoms with Crippen molar-refractivity contribution in [2.45, 2.75) is 65.3 Å². The molecule has 240 valence electrons. The lowest BCUT2D eigenvalue weighted by Crippen LogP contribution is -2.57. The van der Waals surface area contributed by atoms with Gasteiger partial charge in [0.2, 0.25) is 11.8 Å². The lowest BCUT2D eigenvalue weighted by molar-refractivity contribution is -0.142. The number of aryl methyl sites for hydroxylation is 1. The summed E-state index contributed by atoms with van der Waals surface area (Å²) in [6, 6.07) is 9.39. The van der Waals surface area contributed by atoms with Crippen LogP contribution in [0.2, 0.25) is 0 Å². The van der Waals surface area contributed by atoms with Crippen LogP contribution >= 0.6 is 11.3 Å². The Balaban J connectivity index is 1.26. The van der Waals surface area contributed by atoms with E-state index >= 15 is 0 Å². The van der Waals surface area contributed by atoms with Gasteiger partial charge in [0, 0.05) is 45.3 Å². The van der Waals surface area contributed by atoms with Crippen LogP contribution in [0.1, 0.15) is 61.8 Å². The number of likely N-dealkylation sites (tertiary alicyclic amines) is 1. The number of aromatic nitrogens is 2. The first-order valence-corrected chi connectivity index (χ1v) is 16.3. The number of aliphatic hydroxyl groups excluding tert-OH is 1. The van der Waals surface area contributed by atoms with E-state index in [1.807, 2.05) is 70.5 Å². The largest absolute Gasteiger partial charge is 0.391 e. The molecule has 0 bridgehead atoms. The van der Waals surface area contributed by atoms with Gasteiger partial charge in [0.1, 0.15) is 17.9 Å². The second-order valence-electron chi connectivity index (χ2n) is 12.9. The van der Waals surface area contributed by atoms with Gasteiger partial charge in [-0.1, -0.05) is 45.0 Å². The molecule has 5 rings (SSSR count). The molecule has 0 aliphatic carbocycles. The highest BCUT2D eigenvalue weighted by Gasteiger charge is 2.44. The number of carbonyl (C=O) groups is 3. The predicted octanol–water partition coefficient (Wildman–Crippen LogP) is 2.91. The molecule has 2 aliphatic heterocycles. The fourth-order valence-electron chi connectivity index (χ4n) is 5.83. The van der Waals surface area contributed by atoms with E-state index < -0.39 is 35.4 Å². The van der Waals surface area contributed by atoms with Crippen molar-refractivity contribution in [1.82, 2.24) is 30.8 Å². The van der Waals surface area contributed by atoms with Crippen molar-refractivity contribution in [2.24, 2.45) is 5.41 Å². The molecule has 0 radical (unpaired) electrons. The summed E-state index contributed by atoms with van der Waals surface area (Å²) in [5, 5.41) is 19.8. The van der Waals surface area contributed by atoms with Crippen LogP contribution in [0.15, 0.2) is 48.1 Å². The molecule has 2 aromatic heterocycles. The number of piperazine rings is 1. The van der Waals surface area contributed by atoms with Crippen LogP contribution in [0.25, 0.3) is 10.4 Å². The Labute approximate surface area is 268 Å². The number of pyridine rings is 1. The third-order valence-electron chi connectivity index (χ3n) is 8.48. The van der Waals surface area contributed by atoms with Crippen LogP contribution in [-0.4, -0.2) is 88.6 Å². The second-order valence-corrected chi connectivity index (χ2v) is 13.8. The molecule has 2 fully saturated rings. The standard InChI is InChI=1S/C33H43N7O4S/c1-20(22-6-8-23(9-7-22)28-21(2)36-19-45-28)37-31(43)26-16-25(41)18-40(26)32(44)29(33(3,4)5)38-30(42)24-10-11-27(35-17-24)39-14-12-34-13-15-39/h6-11,17,19-20,25-26,29,34,41H,12-16,18H2,1-5H3,(H,37,43)(H,38,42)/t20-,25+,26-,29+/m0/s1. The Kier molecular flexibility index (Phi) is 9.85. The summed E-state index contributed by atoms with van der Waals surface area (Å²) in [6.45, 7) is 12.9.